The standard InChI is InChI=1S/C36H39F3N8O2.H3N.H2/c1-43-20-30(41)25-4-2-23(3-5-25)24-9-14-46(15-10-24)32(48)21-45-16-11-35(22-45)12-17-47(34(35)49)27-6-7-29(40)28(19-27)33(42)26-8-13-44-31(18-26)36(37,38)39;;/h2-9,13,18-20,42-43H,10-12,14-17,21-22,40-41H2,1H3;1H3;1H/b30-20-,42-33?;;/t35-;;/m0../s1. The van der Waals surface area contributed by atoms with Gasteiger partial charge >= 0.3 is 6.18 Å². The Hall–Kier alpha value is -5.21. The number of likely N-dealkylation sites (tertiary alicyclic amines) is 1. The summed E-state index contributed by atoms with van der Waals surface area (Å²) >= 11 is 0. The number of benzene rings is 2. The second kappa shape index (κ2) is 14.3. The second-order valence-electron chi connectivity index (χ2n) is 12.8. The van der Waals surface area contributed by atoms with Gasteiger partial charge in [0, 0.05) is 69.6 Å². The van der Waals surface area contributed by atoms with Gasteiger partial charge < -0.3 is 32.7 Å². The van der Waals surface area contributed by atoms with Gasteiger partial charge in [0.1, 0.15) is 5.69 Å². The first kappa shape index (κ1) is 36.1. The lowest BCUT2D eigenvalue weighted by molar-refractivity contribution is -0.141. The molecule has 0 bridgehead atoms. The molecular weight excluding hydrogens is 647 g/mol. The SMILES string of the molecule is CN/C=C(\N)c1ccc(C2=CCN(C(=O)CN3CC[C@]4(CCN(c5ccc(N)c(C(=N)c6ccnc(C(F)(F)F)c6)c5)C4=O)C3)CC2)cc1.N.[HH]. The number of aromatic nitrogens is 1. The second-order valence-corrected chi connectivity index (χ2v) is 12.8. The highest BCUT2D eigenvalue weighted by molar-refractivity contribution is 6.14. The molecule has 3 aromatic rings. The maximum absolute atomic E-state index is 13.9. The first-order valence-corrected chi connectivity index (χ1v) is 16.2. The number of hydrogen-bond acceptors (Lipinski definition) is 9. The highest BCUT2D eigenvalue weighted by Crippen LogP contribution is 2.43. The number of nitrogen functional groups attached to an aromatic ring is 1. The largest absolute Gasteiger partial charge is 0.433 e. The topological polar surface area (TPSA) is 180 Å². The molecule has 0 saturated carbocycles. The quantitative estimate of drug-likeness (QED) is 0.166. The zero-order chi connectivity index (χ0) is 34.9. The fourth-order valence-corrected chi connectivity index (χ4v) is 6.93. The number of anilines is 2. The molecule has 50 heavy (non-hydrogen) atoms. The van der Waals surface area contributed by atoms with Crippen LogP contribution in [0.2, 0.25) is 0 Å². The number of amides is 2. The summed E-state index contributed by atoms with van der Waals surface area (Å²) < 4.78 is 39.7. The van der Waals surface area contributed by atoms with Crippen LogP contribution in [-0.4, -0.2) is 78.6 Å². The van der Waals surface area contributed by atoms with Crippen LogP contribution in [0.5, 0.6) is 0 Å². The highest BCUT2D eigenvalue weighted by atomic mass is 19.4. The van der Waals surface area contributed by atoms with Crippen LogP contribution in [0.3, 0.4) is 0 Å². The van der Waals surface area contributed by atoms with E-state index in [0.29, 0.717) is 56.9 Å². The molecule has 9 N–H and O–H groups in total. The lowest BCUT2D eigenvalue weighted by Crippen LogP contribution is -2.43. The van der Waals surface area contributed by atoms with Gasteiger partial charge in [0.25, 0.3) is 0 Å². The van der Waals surface area contributed by atoms with Crippen LogP contribution >= 0.6 is 0 Å². The summed E-state index contributed by atoms with van der Waals surface area (Å²) in [7, 11) is 1.80. The fraction of sp³-hybridized carbons (Fsp3) is 0.333. The third-order valence-electron chi connectivity index (χ3n) is 9.71. The third kappa shape index (κ3) is 7.21. The lowest BCUT2D eigenvalue weighted by Gasteiger charge is -2.29. The Bertz CT molecular complexity index is 1850. The first-order chi connectivity index (χ1) is 23.4. The van der Waals surface area contributed by atoms with Crippen LogP contribution in [0.1, 0.15) is 48.6 Å². The summed E-state index contributed by atoms with van der Waals surface area (Å²) in [6.07, 6.45) is 2.18. The van der Waals surface area contributed by atoms with E-state index < -0.39 is 17.3 Å². The van der Waals surface area contributed by atoms with Crippen LogP contribution in [0.4, 0.5) is 24.5 Å². The third-order valence-corrected chi connectivity index (χ3v) is 9.71. The van der Waals surface area contributed by atoms with Gasteiger partial charge in [0.2, 0.25) is 11.8 Å². The molecule has 1 atom stereocenters. The van der Waals surface area contributed by atoms with Gasteiger partial charge in [0.05, 0.1) is 23.4 Å². The van der Waals surface area contributed by atoms with Crippen LogP contribution in [0, 0.1) is 10.8 Å². The maximum Gasteiger partial charge on any atom is 0.433 e. The highest BCUT2D eigenvalue weighted by Gasteiger charge is 2.51. The smallest absolute Gasteiger partial charge is 0.398 e. The van der Waals surface area contributed by atoms with Crippen molar-refractivity contribution in [2.45, 2.75) is 25.4 Å². The van der Waals surface area contributed by atoms with Crippen molar-refractivity contribution in [1.82, 2.24) is 26.3 Å². The summed E-state index contributed by atoms with van der Waals surface area (Å²) in [4.78, 5) is 36.1. The molecule has 3 aliphatic rings. The molecule has 6 rings (SSSR count). The fourth-order valence-electron chi connectivity index (χ4n) is 6.93. The van der Waals surface area contributed by atoms with Crippen molar-refractivity contribution in [3.8, 4) is 0 Å². The molecule has 0 radical (unpaired) electrons. The van der Waals surface area contributed by atoms with Crippen LogP contribution < -0.4 is 27.8 Å². The summed E-state index contributed by atoms with van der Waals surface area (Å²) in [5, 5.41) is 11.6. The van der Waals surface area contributed by atoms with E-state index in [9.17, 15) is 22.8 Å². The molecule has 0 aliphatic carbocycles. The minimum Gasteiger partial charge on any atom is -0.398 e. The Kier molecular flexibility index (Phi) is 10.3. The minimum atomic E-state index is -4.65. The number of nitrogens with zero attached hydrogens (tertiary/aromatic N) is 4. The molecule has 3 aliphatic heterocycles. The van der Waals surface area contributed by atoms with Gasteiger partial charge in [-0.2, -0.15) is 13.2 Å². The van der Waals surface area contributed by atoms with E-state index in [1.807, 2.05) is 29.2 Å². The molecule has 266 valence electrons. The van der Waals surface area contributed by atoms with Crippen molar-refractivity contribution in [3.05, 3.63) is 101 Å². The van der Waals surface area contributed by atoms with Gasteiger partial charge in [-0.25, -0.2) is 0 Å². The van der Waals surface area contributed by atoms with E-state index in [-0.39, 0.29) is 48.5 Å². The van der Waals surface area contributed by atoms with E-state index in [2.05, 4.69) is 21.3 Å². The molecule has 2 aromatic carbocycles. The van der Waals surface area contributed by atoms with E-state index in [0.717, 1.165) is 29.8 Å². The average molecular weight is 692 g/mol. The van der Waals surface area contributed by atoms with Crippen molar-refractivity contribution in [1.29, 1.82) is 5.41 Å². The average Bonchev–Trinajstić information content (AvgIpc) is 3.66. The Morgan fingerprint density at radius 1 is 1.08 bits per heavy atom. The Balaban J connectivity index is 0.00000292. The molecule has 2 saturated heterocycles. The van der Waals surface area contributed by atoms with Gasteiger partial charge in [0.15, 0.2) is 0 Å². The zero-order valence-corrected chi connectivity index (χ0v) is 27.9. The van der Waals surface area contributed by atoms with Crippen LogP contribution in [0.25, 0.3) is 11.3 Å². The van der Waals surface area contributed by atoms with Gasteiger partial charge in [-0.3, -0.25) is 24.9 Å². The van der Waals surface area contributed by atoms with Crippen molar-refractivity contribution < 1.29 is 24.2 Å². The number of hydrogen-bond donors (Lipinski definition) is 5. The number of halogens is 3. The molecular formula is C36H44F3N9O2. The minimum absolute atomic E-state index is 0. The monoisotopic (exact) mass is 691 g/mol. The van der Waals surface area contributed by atoms with E-state index >= 15 is 0 Å². The van der Waals surface area contributed by atoms with E-state index in [4.69, 9.17) is 16.9 Å². The molecule has 0 unspecified atom stereocenters. The van der Waals surface area contributed by atoms with Crippen molar-refractivity contribution in [3.63, 3.8) is 0 Å². The number of pyridine rings is 1. The molecule has 2 amide bonds. The Morgan fingerprint density at radius 3 is 2.50 bits per heavy atom. The lowest BCUT2D eigenvalue weighted by atomic mass is 9.85. The maximum atomic E-state index is 13.9. The number of carbonyl (C=O) groups is 2. The number of nitrogens with two attached hydrogens (primary N) is 2. The van der Waals surface area contributed by atoms with E-state index in [1.165, 1.54) is 11.6 Å². The molecule has 14 heteroatoms. The predicted octanol–water partition coefficient (Wildman–Crippen LogP) is 4.73. The molecule has 11 nitrogen and oxygen atoms in total. The molecule has 4 heterocycles. The van der Waals surface area contributed by atoms with E-state index in [1.54, 1.807) is 36.3 Å². The molecule has 2 fully saturated rings. The van der Waals surface area contributed by atoms with Crippen molar-refractivity contribution in [2.75, 3.05) is 56.9 Å². The number of carbonyl (C=O) groups excluding carboxylic acids is 2. The van der Waals surface area contributed by atoms with Gasteiger partial charge in [-0.1, -0.05) is 30.3 Å². The molecule has 1 aromatic heterocycles. The summed E-state index contributed by atoms with van der Waals surface area (Å²) in [5.41, 5.74) is 15.2. The Morgan fingerprint density at radius 2 is 1.82 bits per heavy atom. The number of nitrogens with one attached hydrogen (secondary N) is 2. The predicted molar refractivity (Wildman–Crippen MR) is 190 cm³/mol. The Labute approximate surface area is 290 Å². The van der Waals surface area contributed by atoms with Crippen molar-refractivity contribution >= 4 is 40.2 Å². The van der Waals surface area contributed by atoms with Gasteiger partial charge in [-0.15, -0.1) is 0 Å². The van der Waals surface area contributed by atoms with Gasteiger partial charge in [-0.05, 0) is 72.8 Å². The van der Waals surface area contributed by atoms with Crippen LogP contribution in [0.15, 0.2) is 73.1 Å². The molecule has 1 spiro atoms. The first-order valence-electron chi connectivity index (χ1n) is 16.2. The zero-order valence-electron chi connectivity index (χ0n) is 27.9. The van der Waals surface area contributed by atoms with Crippen molar-refractivity contribution in [2.24, 2.45) is 11.1 Å². The number of alkyl halides is 3. The van der Waals surface area contributed by atoms with Crippen LogP contribution in [-0.2, 0) is 15.8 Å². The normalized spacial score (nSPS) is 19.8. The summed E-state index contributed by atoms with van der Waals surface area (Å²) in [6, 6.07) is 15.1. The summed E-state index contributed by atoms with van der Waals surface area (Å²) in [5.74, 6) is -0.0332. The number of rotatable bonds is 8. The summed E-state index contributed by atoms with van der Waals surface area (Å²) in [6.45, 7) is 2.91.